The van der Waals surface area contributed by atoms with Crippen LogP contribution in [0.3, 0.4) is 0 Å². The molecular formula is C21H27NO3. The van der Waals surface area contributed by atoms with Crippen molar-refractivity contribution in [2.45, 2.75) is 53.2 Å². The van der Waals surface area contributed by atoms with E-state index in [4.69, 9.17) is 10.5 Å². The van der Waals surface area contributed by atoms with Crippen LogP contribution >= 0.6 is 0 Å². The molecule has 4 nitrogen and oxygen atoms in total. The van der Waals surface area contributed by atoms with Gasteiger partial charge in [-0.3, -0.25) is 0 Å². The quantitative estimate of drug-likeness (QED) is 0.783. The Kier molecular flexibility index (Phi) is 5.23. The summed E-state index contributed by atoms with van der Waals surface area (Å²) in [6.45, 7) is 11.4. The number of anilines is 1. The molecule has 0 saturated carbocycles. The van der Waals surface area contributed by atoms with Crippen LogP contribution < -0.4 is 5.73 Å². The lowest BCUT2D eigenvalue weighted by molar-refractivity contribution is -0.160. The Labute approximate surface area is 149 Å². The van der Waals surface area contributed by atoms with E-state index in [0.29, 0.717) is 11.3 Å². The molecule has 0 aliphatic rings. The van der Waals surface area contributed by atoms with Crippen molar-refractivity contribution in [3.05, 3.63) is 52.6 Å². The maximum Gasteiger partial charge on any atom is 0.337 e. The first-order valence-corrected chi connectivity index (χ1v) is 8.38. The zero-order chi connectivity index (χ0) is 18.9. The second-order valence-corrected chi connectivity index (χ2v) is 7.51. The Balaban J connectivity index is 2.77. The molecule has 25 heavy (non-hydrogen) atoms. The largest absolute Gasteiger partial charge is 0.479 e. The summed E-state index contributed by atoms with van der Waals surface area (Å²) >= 11 is 0. The predicted molar refractivity (Wildman–Crippen MR) is 102 cm³/mol. The summed E-state index contributed by atoms with van der Waals surface area (Å²) < 4.78 is 5.91. The Morgan fingerprint density at radius 2 is 1.68 bits per heavy atom. The molecule has 0 aromatic heterocycles. The van der Waals surface area contributed by atoms with Gasteiger partial charge in [-0.1, -0.05) is 29.8 Å². The second kappa shape index (κ2) is 6.89. The third-order valence-corrected chi connectivity index (χ3v) is 4.17. The summed E-state index contributed by atoms with van der Waals surface area (Å²) in [5, 5.41) is 9.85. The highest BCUT2D eigenvalue weighted by atomic mass is 16.5. The Bertz CT molecular complexity index is 786. The number of ether oxygens (including phenoxy) is 1. The van der Waals surface area contributed by atoms with Gasteiger partial charge in [0, 0.05) is 11.3 Å². The van der Waals surface area contributed by atoms with Crippen molar-refractivity contribution < 1.29 is 14.6 Å². The average Bonchev–Trinajstić information content (AvgIpc) is 2.48. The fourth-order valence-corrected chi connectivity index (χ4v) is 2.99. The van der Waals surface area contributed by atoms with E-state index in [9.17, 15) is 9.90 Å². The van der Waals surface area contributed by atoms with E-state index >= 15 is 0 Å². The highest BCUT2D eigenvalue weighted by molar-refractivity contribution is 5.84. The van der Waals surface area contributed by atoms with E-state index in [1.165, 1.54) is 0 Å². The van der Waals surface area contributed by atoms with Gasteiger partial charge in [0.15, 0.2) is 6.10 Å². The van der Waals surface area contributed by atoms with Crippen LogP contribution in [0.2, 0.25) is 0 Å². The Morgan fingerprint density at radius 3 is 2.16 bits per heavy atom. The third-order valence-electron chi connectivity index (χ3n) is 4.17. The molecule has 2 rings (SSSR count). The maximum atomic E-state index is 12.0. The molecule has 0 aliphatic heterocycles. The first-order chi connectivity index (χ1) is 11.5. The molecule has 4 heteroatoms. The number of hydrogen-bond donors (Lipinski definition) is 2. The molecule has 1 unspecified atom stereocenters. The summed E-state index contributed by atoms with van der Waals surface area (Å²) in [6, 6.07) is 9.94. The zero-order valence-electron chi connectivity index (χ0n) is 15.8. The predicted octanol–water partition coefficient (Wildman–Crippen LogP) is 4.80. The summed E-state index contributed by atoms with van der Waals surface area (Å²) in [4.78, 5) is 12.0. The Hall–Kier alpha value is -2.33. The van der Waals surface area contributed by atoms with Gasteiger partial charge in [-0.25, -0.2) is 4.79 Å². The van der Waals surface area contributed by atoms with Gasteiger partial charge in [-0.2, -0.15) is 0 Å². The van der Waals surface area contributed by atoms with E-state index in [-0.39, 0.29) is 0 Å². The first kappa shape index (κ1) is 19.0. The topological polar surface area (TPSA) is 72.5 Å². The van der Waals surface area contributed by atoms with E-state index in [0.717, 1.165) is 27.8 Å². The average molecular weight is 341 g/mol. The molecular weight excluding hydrogens is 314 g/mol. The zero-order valence-corrected chi connectivity index (χ0v) is 15.8. The van der Waals surface area contributed by atoms with Crippen LogP contribution in [0.1, 0.15) is 49.1 Å². The molecule has 1 atom stereocenters. The fraction of sp³-hybridized carbons (Fsp3) is 0.381. The van der Waals surface area contributed by atoms with Crippen molar-refractivity contribution in [3.63, 3.8) is 0 Å². The molecule has 3 N–H and O–H groups in total. The number of nitrogens with two attached hydrogens (primary N) is 1. The minimum atomic E-state index is -1.08. The van der Waals surface area contributed by atoms with Crippen LogP contribution in [0.5, 0.6) is 0 Å². The van der Waals surface area contributed by atoms with Crippen LogP contribution in [0, 0.1) is 20.8 Å². The smallest absolute Gasteiger partial charge is 0.337 e. The molecule has 0 saturated heterocycles. The van der Waals surface area contributed by atoms with E-state index in [1.54, 1.807) is 0 Å². The number of hydrogen-bond acceptors (Lipinski definition) is 3. The summed E-state index contributed by atoms with van der Waals surface area (Å²) in [7, 11) is 0. The summed E-state index contributed by atoms with van der Waals surface area (Å²) in [5.41, 5.74) is 11.4. The van der Waals surface area contributed by atoms with Gasteiger partial charge in [0.25, 0.3) is 0 Å². The van der Waals surface area contributed by atoms with Gasteiger partial charge in [0.2, 0.25) is 0 Å². The highest BCUT2D eigenvalue weighted by Gasteiger charge is 2.31. The summed E-state index contributed by atoms with van der Waals surface area (Å²) in [6.07, 6.45) is -1.08. The molecule has 0 amide bonds. The SMILES string of the molecule is Cc1ccc(-c2c(C)cc(N)c(C)c2C(OC(C)(C)C)C(=O)O)cc1. The van der Waals surface area contributed by atoms with Gasteiger partial charge >= 0.3 is 5.97 Å². The summed E-state index contributed by atoms with van der Waals surface area (Å²) in [5.74, 6) is -1.02. The minimum absolute atomic E-state index is 0.576. The molecule has 0 radical (unpaired) electrons. The maximum absolute atomic E-state index is 12.0. The van der Waals surface area contributed by atoms with Gasteiger partial charge in [-0.15, -0.1) is 0 Å². The van der Waals surface area contributed by atoms with Gasteiger partial charge in [0.05, 0.1) is 5.60 Å². The molecule has 0 spiro atoms. The number of rotatable bonds is 4. The Morgan fingerprint density at radius 1 is 1.12 bits per heavy atom. The standard InChI is InChI=1S/C21H27NO3/c1-12-7-9-15(10-8-12)17-13(2)11-16(22)14(3)18(17)19(20(23)24)25-21(4,5)6/h7-11,19H,22H2,1-6H3,(H,23,24). The van der Waals surface area contributed by atoms with Crippen molar-refractivity contribution in [2.24, 2.45) is 0 Å². The molecule has 0 bridgehead atoms. The van der Waals surface area contributed by atoms with Crippen LogP contribution in [-0.4, -0.2) is 16.7 Å². The number of nitrogen functional groups attached to an aromatic ring is 1. The molecule has 0 heterocycles. The number of aryl methyl sites for hydroxylation is 2. The van der Waals surface area contributed by atoms with Crippen molar-refractivity contribution in [1.29, 1.82) is 0 Å². The minimum Gasteiger partial charge on any atom is -0.479 e. The highest BCUT2D eigenvalue weighted by Crippen LogP contribution is 2.39. The third kappa shape index (κ3) is 4.20. The van der Waals surface area contributed by atoms with E-state index in [1.807, 2.05) is 71.9 Å². The van der Waals surface area contributed by atoms with Crippen molar-refractivity contribution in [1.82, 2.24) is 0 Å². The van der Waals surface area contributed by atoms with E-state index in [2.05, 4.69) is 0 Å². The molecule has 0 fully saturated rings. The van der Waals surface area contributed by atoms with Crippen molar-refractivity contribution >= 4 is 11.7 Å². The number of carboxylic acids is 1. The monoisotopic (exact) mass is 341 g/mol. The lowest BCUT2D eigenvalue weighted by atomic mass is 9.87. The molecule has 0 aliphatic carbocycles. The lowest BCUT2D eigenvalue weighted by Gasteiger charge is -2.29. The van der Waals surface area contributed by atoms with Gasteiger partial charge in [0.1, 0.15) is 0 Å². The van der Waals surface area contributed by atoms with Crippen molar-refractivity contribution in [2.75, 3.05) is 5.73 Å². The van der Waals surface area contributed by atoms with Gasteiger partial charge < -0.3 is 15.6 Å². The first-order valence-electron chi connectivity index (χ1n) is 8.38. The number of benzene rings is 2. The fourth-order valence-electron chi connectivity index (χ4n) is 2.99. The molecule has 2 aromatic carbocycles. The lowest BCUT2D eigenvalue weighted by Crippen LogP contribution is -2.28. The van der Waals surface area contributed by atoms with Crippen LogP contribution in [0.4, 0.5) is 5.69 Å². The normalized spacial score (nSPS) is 12.9. The van der Waals surface area contributed by atoms with E-state index < -0.39 is 17.7 Å². The molecule has 134 valence electrons. The molecule has 2 aromatic rings. The van der Waals surface area contributed by atoms with Crippen LogP contribution in [0.25, 0.3) is 11.1 Å². The number of carbonyl (C=O) groups is 1. The number of aliphatic carboxylic acids is 1. The van der Waals surface area contributed by atoms with Crippen LogP contribution in [-0.2, 0) is 9.53 Å². The number of carboxylic acid groups (broad SMARTS) is 1. The second-order valence-electron chi connectivity index (χ2n) is 7.51. The van der Waals surface area contributed by atoms with Crippen LogP contribution in [0.15, 0.2) is 30.3 Å². The van der Waals surface area contributed by atoms with Crippen molar-refractivity contribution in [3.8, 4) is 11.1 Å². The van der Waals surface area contributed by atoms with Gasteiger partial charge in [-0.05, 0) is 69.9 Å².